The highest BCUT2D eigenvalue weighted by Crippen LogP contribution is 2.69. The minimum atomic E-state index is -0.824. The van der Waals surface area contributed by atoms with Crippen LogP contribution in [0.5, 0.6) is 0 Å². The number of ether oxygens (including phenoxy) is 1. The predicted octanol–water partition coefficient (Wildman–Crippen LogP) is 3.39. The summed E-state index contributed by atoms with van der Waals surface area (Å²) in [4.78, 5) is 26.9. The summed E-state index contributed by atoms with van der Waals surface area (Å²) >= 11 is 3.50. The van der Waals surface area contributed by atoms with Gasteiger partial charge in [0.25, 0.3) is 0 Å². The normalized spacial score (nSPS) is 26.5. The Balaban J connectivity index is 1.94. The van der Waals surface area contributed by atoms with Crippen LogP contribution in [0.25, 0.3) is 0 Å². The molecule has 0 bridgehead atoms. The monoisotopic (exact) mass is 385 g/mol. The molecular formula is C19H16BrNO3. The van der Waals surface area contributed by atoms with Crippen LogP contribution in [-0.4, -0.2) is 25.0 Å². The standard InChI is InChI=1S/C19H16BrNO3/c1-11(22)21-15-9-8-13(20)10-14(15)16-17(21)19(16,18(23)24-2)12-6-4-3-5-7-12/h3-10,16-17H,1-2H3. The van der Waals surface area contributed by atoms with Gasteiger partial charge >= 0.3 is 5.97 Å². The Morgan fingerprint density at radius 2 is 1.88 bits per heavy atom. The van der Waals surface area contributed by atoms with Gasteiger partial charge in [0.1, 0.15) is 5.41 Å². The molecule has 1 heterocycles. The van der Waals surface area contributed by atoms with Gasteiger partial charge in [0.2, 0.25) is 5.91 Å². The number of nitrogens with zero attached hydrogens (tertiary/aromatic N) is 1. The van der Waals surface area contributed by atoms with Gasteiger partial charge in [-0.3, -0.25) is 9.59 Å². The Morgan fingerprint density at radius 3 is 2.50 bits per heavy atom. The molecule has 2 aromatic carbocycles. The number of benzene rings is 2. The van der Waals surface area contributed by atoms with Crippen molar-refractivity contribution in [3.63, 3.8) is 0 Å². The summed E-state index contributed by atoms with van der Waals surface area (Å²) in [6, 6.07) is 15.2. The Labute approximate surface area is 148 Å². The molecule has 0 aromatic heterocycles. The molecule has 4 nitrogen and oxygen atoms in total. The number of esters is 1. The first-order chi connectivity index (χ1) is 11.5. The summed E-state index contributed by atoms with van der Waals surface area (Å²) < 4.78 is 6.09. The van der Waals surface area contributed by atoms with E-state index < -0.39 is 5.41 Å². The predicted molar refractivity (Wildman–Crippen MR) is 94.0 cm³/mol. The lowest BCUT2D eigenvalue weighted by atomic mass is 9.88. The van der Waals surface area contributed by atoms with Crippen molar-refractivity contribution >= 4 is 33.5 Å². The summed E-state index contributed by atoms with van der Waals surface area (Å²) in [7, 11) is 1.40. The third kappa shape index (κ3) is 1.79. The molecule has 1 amide bonds. The maximum absolute atomic E-state index is 12.8. The van der Waals surface area contributed by atoms with Crippen LogP contribution in [0, 0.1) is 0 Å². The second-order valence-electron chi connectivity index (χ2n) is 6.24. The molecule has 3 unspecified atom stereocenters. The van der Waals surface area contributed by atoms with Crippen LogP contribution in [0.4, 0.5) is 5.69 Å². The quantitative estimate of drug-likeness (QED) is 0.744. The first kappa shape index (κ1) is 15.4. The Bertz CT molecular complexity index is 851. The molecule has 0 saturated heterocycles. The van der Waals surface area contributed by atoms with Crippen LogP contribution in [0.1, 0.15) is 24.0 Å². The molecule has 0 radical (unpaired) electrons. The van der Waals surface area contributed by atoms with Crippen molar-refractivity contribution in [1.29, 1.82) is 0 Å². The van der Waals surface area contributed by atoms with Crippen LogP contribution in [-0.2, 0) is 19.7 Å². The lowest BCUT2D eigenvalue weighted by Crippen LogP contribution is -2.39. The molecule has 0 N–H and O–H groups in total. The number of carbonyl (C=O) groups excluding carboxylic acids is 2. The molecule has 1 saturated carbocycles. The van der Waals surface area contributed by atoms with Crippen LogP contribution >= 0.6 is 15.9 Å². The second-order valence-corrected chi connectivity index (χ2v) is 7.16. The van der Waals surface area contributed by atoms with Crippen LogP contribution in [0.2, 0.25) is 0 Å². The number of hydrogen-bond acceptors (Lipinski definition) is 3. The second kappa shape index (κ2) is 5.18. The fraction of sp³-hybridized carbons (Fsp3) is 0.263. The average molecular weight is 386 g/mol. The highest BCUT2D eigenvalue weighted by atomic mass is 79.9. The highest BCUT2D eigenvalue weighted by molar-refractivity contribution is 9.10. The van der Waals surface area contributed by atoms with E-state index in [1.165, 1.54) is 7.11 Å². The number of rotatable bonds is 2. The van der Waals surface area contributed by atoms with E-state index in [2.05, 4.69) is 15.9 Å². The molecule has 1 fully saturated rings. The van der Waals surface area contributed by atoms with Crippen molar-refractivity contribution in [3.05, 3.63) is 64.1 Å². The molecule has 122 valence electrons. The largest absolute Gasteiger partial charge is 0.468 e. The number of halogens is 1. The summed E-state index contributed by atoms with van der Waals surface area (Å²) in [5.74, 6) is -0.433. The highest BCUT2D eigenvalue weighted by Gasteiger charge is 2.78. The van der Waals surface area contributed by atoms with Crippen LogP contribution in [0.3, 0.4) is 0 Å². The van der Waals surface area contributed by atoms with Crippen LogP contribution < -0.4 is 4.90 Å². The SMILES string of the molecule is COC(=O)C1(c2ccccc2)C2c3cc(Br)ccc3N(C(C)=O)C21. The maximum atomic E-state index is 12.8. The lowest BCUT2D eigenvalue weighted by Gasteiger charge is -2.27. The number of amides is 1. The summed E-state index contributed by atoms with van der Waals surface area (Å²) in [6.45, 7) is 1.54. The van der Waals surface area contributed by atoms with Gasteiger partial charge in [-0.25, -0.2) is 0 Å². The van der Waals surface area contributed by atoms with Gasteiger partial charge < -0.3 is 9.64 Å². The number of hydrogen-bond donors (Lipinski definition) is 0. The van der Waals surface area contributed by atoms with Crippen molar-refractivity contribution in [1.82, 2.24) is 0 Å². The van der Waals surface area contributed by atoms with E-state index in [4.69, 9.17) is 4.74 Å². The smallest absolute Gasteiger partial charge is 0.319 e. The van der Waals surface area contributed by atoms with Gasteiger partial charge in [-0.1, -0.05) is 46.3 Å². The maximum Gasteiger partial charge on any atom is 0.319 e. The van der Waals surface area contributed by atoms with E-state index in [-0.39, 0.29) is 23.8 Å². The number of anilines is 1. The summed E-state index contributed by atoms with van der Waals surface area (Å²) in [5, 5.41) is 0. The van der Waals surface area contributed by atoms with E-state index in [1.54, 1.807) is 11.8 Å². The Hall–Kier alpha value is -2.14. The number of fused-ring (bicyclic) bond motifs is 3. The first-order valence-corrected chi connectivity index (χ1v) is 8.56. The molecular weight excluding hydrogens is 370 g/mol. The zero-order valence-corrected chi connectivity index (χ0v) is 14.9. The first-order valence-electron chi connectivity index (χ1n) is 7.76. The van der Waals surface area contributed by atoms with Gasteiger partial charge in [-0.2, -0.15) is 0 Å². The van der Waals surface area contributed by atoms with Crippen molar-refractivity contribution < 1.29 is 14.3 Å². The van der Waals surface area contributed by atoms with Crippen LogP contribution in [0.15, 0.2) is 53.0 Å². The van der Waals surface area contributed by atoms with Gasteiger partial charge in [0.05, 0.1) is 13.2 Å². The average Bonchev–Trinajstić information content (AvgIpc) is 3.15. The van der Waals surface area contributed by atoms with Crippen molar-refractivity contribution in [2.45, 2.75) is 24.3 Å². The van der Waals surface area contributed by atoms with E-state index in [0.29, 0.717) is 0 Å². The van der Waals surface area contributed by atoms with Crippen molar-refractivity contribution in [2.24, 2.45) is 0 Å². The Morgan fingerprint density at radius 1 is 1.17 bits per heavy atom. The number of methoxy groups -OCH3 is 1. The molecule has 2 aliphatic rings. The lowest BCUT2D eigenvalue weighted by molar-refractivity contribution is -0.144. The summed E-state index contributed by atoms with van der Waals surface area (Å²) in [6.07, 6.45) is 0. The van der Waals surface area contributed by atoms with E-state index in [1.807, 2.05) is 48.5 Å². The molecule has 24 heavy (non-hydrogen) atoms. The minimum absolute atomic E-state index is 0.0622. The number of carbonyl (C=O) groups is 2. The Kier molecular flexibility index (Phi) is 3.32. The molecule has 2 aromatic rings. The van der Waals surface area contributed by atoms with Gasteiger partial charge in [-0.15, -0.1) is 0 Å². The molecule has 0 spiro atoms. The molecule has 1 aliphatic carbocycles. The van der Waals surface area contributed by atoms with E-state index in [9.17, 15) is 9.59 Å². The van der Waals surface area contributed by atoms with Gasteiger partial charge in [0, 0.05) is 23.0 Å². The molecule has 5 heteroatoms. The summed E-state index contributed by atoms with van der Waals surface area (Å²) in [5.41, 5.74) is 1.97. The van der Waals surface area contributed by atoms with Gasteiger partial charge in [0.15, 0.2) is 0 Å². The molecule has 4 rings (SSSR count). The zero-order chi connectivity index (χ0) is 17.1. The fourth-order valence-corrected chi connectivity index (χ4v) is 4.62. The zero-order valence-electron chi connectivity index (χ0n) is 13.3. The van der Waals surface area contributed by atoms with E-state index in [0.717, 1.165) is 21.3 Å². The van der Waals surface area contributed by atoms with Crippen molar-refractivity contribution in [3.8, 4) is 0 Å². The molecule has 1 aliphatic heterocycles. The van der Waals surface area contributed by atoms with E-state index >= 15 is 0 Å². The minimum Gasteiger partial charge on any atom is -0.468 e. The van der Waals surface area contributed by atoms with Gasteiger partial charge in [-0.05, 0) is 29.3 Å². The third-order valence-corrected chi connectivity index (χ3v) is 5.63. The van der Waals surface area contributed by atoms with Crippen molar-refractivity contribution in [2.75, 3.05) is 12.0 Å². The molecule has 3 atom stereocenters. The fourth-order valence-electron chi connectivity index (χ4n) is 4.25. The third-order valence-electron chi connectivity index (χ3n) is 5.14. The topological polar surface area (TPSA) is 46.6 Å².